The Bertz CT molecular complexity index is 453. The second kappa shape index (κ2) is 2.60. The van der Waals surface area contributed by atoms with Gasteiger partial charge in [0.25, 0.3) is 0 Å². The summed E-state index contributed by atoms with van der Waals surface area (Å²) in [5.41, 5.74) is 10.4. The smallest absolute Gasteiger partial charge is 0.342 e. The number of fused-ring (bicyclic) bond motifs is 1. The third-order valence-corrected chi connectivity index (χ3v) is 1.69. The topological polar surface area (TPSA) is 65.1 Å². The maximum absolute atomic E-state index is 8.61. The Morgan fingerprint density at radius 3 is 3.17 bits per heavy atom. The van der Waals surface area contributed by atoms with Crippen molar-refractivity contribution >= 4 is 0 Å². The summed E-state index contributed by atoms with van der Waals surface area (Å²) in [5, 5.41) is 0.476. The molecule has 0 aromatic carbocycles. The van der Waals surface area contributed by atoms with Gasteiger partial charge in [0, 0.05) is 24.2 Å². The molecule has 4 nitrogen and oxygen atoms in total. The summed E-state index contributed by atoms with van der Waals surface area (Å²) in [6, 6.07) is 1.87. The normalized spacial score (nSPS) is 9.67. The number of H-pyrrole nitrogens is 1. The Morgan fingerprint density at radius 2 is 2.33 bits per heavy atom. The van der Waals surface area contributed by atoms with Crippen LogP contribution in [0.4, 0.5) is 0 Å². The van der Waals surface area contributed by atoms with Crippen LogP contribution in [0, 0.1) is 0 Å². The van der Waals surface area contributed by atoms with Crippen molar-refractivity contribution in [3.8, 4) is 11.1 Å². The number of hydrogen-bond donors (Lipinski definition) is 1. The zero-order chi connectivity index (χ0) is 8.39. The number of aromatic amines is 1. The lowest BCUT2D eigenvalue weighted by Gasteiger charge is -1.97. The summed E-state index contributed by atoms with van der Waals surface area (Å²) in [6.07, 6.45) is 6.80. The molecule has 0 amide bonds. The molecule has 0 aromatic heterocycles. The molecule has 0 radical (unpaired) electrons. The van der Waals surface area contributed by atoms with Crippen LogP contribution in [0.2, 0.25) is 0 Å². The minimum atomic E-state index is 0.476. The van der Waals surface area contributed by atoms with E-state index in [0.717, 1.165) is 11.1 Å². The summed E-state index contributed by atoms with van der Waals surface area (Å²) in [7, 11) is 0. The second-order valence-electron chi connectivity index (χ2n) is 2.41. The predicted octanol–water partition coefficient (Wildman–Crippen LogP) is 0.645. The van der Waals surface area contributed by atoms with Crippen molar-refractivity contribution in [2.75, 3.05) is 0 Å². The highest BCUT2D eigenvalue weighted by Gasteiger charge is 2.06. The van der Waals surface area contributed by atoms with Gasteiger partial charge in [-0.25, -0.2) is 0 Å². The fourth-order valence-corrected chi connectivity index (χ4v) is 1.11. The van der Waals surface area contributed by atoms with E-state index >= 15 is 0 Å². The number of pyridine rings is 2. The molecule has 0 atom stereocenters. The van der Waals surface area contributed by atoms with Gasteiger partial charge in [-0.05, 0) is 6.07 Å². The first-order valence-corrected chi connectivity index (χ1v) is 3.51. The second-order valence-corrected chi connectivity index (χ2v) is 2.41. The van der Waals surface area contributed by atoms with E-state index in [9.17, 15) is 0 Å². The van der Waals surface area contributed by atoms with Crippen LogP contribution in [0.25, 0.3) is 16.7 Å². The van der Waals surface area contributed by atoms with Crippen LogP contribution in [-0.2, 0) is 0 Å². The highest BCUT2D eigenvalue weighted by atomic mass is 14.9. The third-order valence-electron chi connectivity index (χ3n) is 1.69. The Morgan fingerprint density at radius 1 is 1.42 bits per heavy atom. The molecule has 4 heteroatoms. The maximum Gasteiger partial charge on any atom is 0.342 e. The number of nitrogens with one attached hydrogen (secondary N) is 1. The highest BCUT2D eigenvalue weighted by molar-refractivity contribution is 5.60. The average Bonchev–Trinajstić information content (AvgIpc) is 2.17. The molecule has 2 aliphatic rings. The van der Waals surface area contributed by atoms with Gasteiger partial charge in [0.15, 0.2) is 0 Å². The number of hydrogen-bond acceptors (Lipinski definition) is 1. The molecule has 0 saturated heterocycles. The molecule has 58 valence electrons. The van der Waals surface area contributed by atoms with Crippen molar-refractivity contribution in [3.05, 3.63) is 41.7 Å². The van der Waals surface area contributed by atoms with Crippen molar-refractivity contribution < 1.29 is 4.79 Å². The minimum Gasteiger partial charge on any atom is -0.367 e. The van der Waals surface area contributed by atoms with Crippen molar-refractivity contribution in [2.45, 2.75) is 0 Å². The van der Waals surface area contributed by atoms with Gasteiger partial charge >= 0.3 is 5.36 Å². The van der Waals surface area contributed by atoms with Crippen LogP contribution in [0.1, 0.15) is 0 Å². The van der Waals surface area contributed by atoms with Gasteiger partial charge in [-0.2, -0.15) is 4.79 Å². The molecule has 1 N–H and O–H groups in total. The lowest BCUT2D eigenvalue weighted by molar-refractivity contribution is -0.0647. The third kappa shape index (κ3) is 0.909. The van der Waals surface area contributed by atoms with E-state index in [-0.39, 0.29) is 0 Å². The van der Waals surface area contributed by atoms with Gasteiger partial charge in [0.1, 0.15) is 6.20 Å². The van der Waals surface area contributed by atoms with E-state index in [4.69, 9.17) is 5.53 Å². The van der Waals surface area contributed by atoms with Crippen LogP contribution in [-0.4, -0.2) is 14.8 Å². The van der Waals surface area contributed by atoms with E-state index in [1.54, 1.807) is 18.6 Å². The van der Waals surface area contributed by atoms with E-state index in [0.29, 0.717) is 5.36 Å². The number of rotatable bonds is 0. The van der Waals surface area contributed by atoms with E-state index in [1.165, 1.54) is 6.20 Å². The largest absolute Gasteiger partial charge is 0.367 e. The first-order valence-electron chi connectivity index (χ1n) is 3.51. The predicted molar refractivity (Wildman–Crippen MR) is 42.0 cm³/mol. The SMILES string of the molecule is [N-]=[N+]=c1cncc2cc[nH]cc1-2. The van der Waals surface area contributed by atoms with Crippen molar-refractivity contribution in [3.63, 3.8) is 0 Å². The molecule has 2 heterocycles. The average molecular weight is 158 g/mol. The van der Waals surface area contributed by atoms with Crippen molar-refractivity contribution in [1.29, 1.82) is 0 Å². The van der Waals surface area contributed by atoms with E-state index in [1.807, 2.05) is 6.07 Å². The van der Waals surface area contributed by atoms with Gasteiger partial charge in [0.05, 0.1) is 5.56 Å². The molecule has 0 bridgehead atoms. The number of nitrogens with zero attached hydrogens (tertiary/aromatic N) is 3. The molecule has 12 heavy (non-hydrogen) atoms. The molecule has 0 spiro atoms. The van der Waals surface area contributed by atoms with Gasteiger partial charge in [-0.3, -0.25) is 4.98 Å². The molecule has 2 rings (SSSR count). The lowest BCUT2D eigenvalue weighted by Crippen LogP contribution is -2.08. The van der Waals surface area contributed by atoms with Gasteiger partial charge in [0.2, 0.25) is 0 Å². The summed E-state index contributed by atoms with van der Waals surface area (Å²) < 4.78 is 0. The van der Waals surface area contributed by atoms with Crippen molar-refractivity contribution in [2.24, 2.45) is 0 Å². The quantitative estimate of drug-likeness (QED) is 0.444. The molecule has 0 fully saturated rings. The Hall–Kier alpha value is -1.93. The van der Waals surface area contributed by atoms with Crippen LogP contribution >= 0.6 is 0 Å². The van der Waals surface area contributed by atoms with Crippen LogP contribution < -0.4 is 5.36 Å². The molecule has 2 aliphatic heterocycles. The van der Waals surface area contributed by atoms with E-state index in [2.05, 4.69) is 14.8 Å². The summed E-state index contributed by atoms with van der Waals surface area (Å²) in [5.74, 6) is 0. The maximum atomic E-state index is 8.61. The summed E-state index contributed by atoms with van der Waals surface area (Å²) >= 11 is 0. The van der Waals surface area contributed by atoms with Crippen LogP contribution in [0.3, 0.4) is 0 Å². The Balaban J connectivity index is 2.96. The zero-order valence-corrected chi connectivity index (χ0v) is 6.23. The Labute approximate surface area is 68.5 Å². The summed E-state index contributed by atoms with van der Waals surface area (Å²) in [4.78, 5) is 9.94. The fraction of sp³-hybridized carbons (Fsp3) is 0. The van der Waals surface area contributed by atoms with Crippen LogP contribution in [0.15, 0.2) is 30.9 Å². The number of aromatic nitrogens is 2. The summed E-state index contributed by atoms with van der Waals surface area (Å²) in [6.45, 7) is 0. The van der Waals surface area contributed by atoms with Crippen molar-refractivity contribution in [1.82, 2.24) is 9.97 Å². The van der Waals surface area contributed by atoms with Crippen LogP contribution in [0.5, 0.6) is 0 Å². The first-order chi connectivity index (χ1) is 5.92. The molecule has 0 saturated carbocycles. The molecule has 0 unspecified atom stereocenters. The van der Waals surface area contributed by atoms with Gasteiger partial charge < -0.3 is 10.5 Å². The molecular weight excluding hydrogens is 152 g/mol. The standard InChI is InChI=1S/C8H6N4/c9-12-8-5-11-3-6-1-2-10-4-7(6)8/h1-5,10H. The monoisotopic (exact) mass is 158 g/mol. The Kier molecular flexibility index (Phi) is 1.47. The molecule has 0 aromatic rings. The fourth-order valence-electron chi connectivity index (χ4n) is 1.11. The van der Waals surface area contributed by atoms with Gasteiger partial charge in [-0.15, -0.1) is 0 Å². The first kappa shape index (κ1) is 6.76. The highest BCUT2D eigenvalue weighted by Crippen LogP contribution is 2.11. The molecular formula is C8H6N4. The minimum absolute atomic E-state index is 0.476. The lowest BCUT2D eigenvalue weighted by atomic mass is 10.1. The zero-order valence-electron chi connectivity index (χ0n) is 6.23. The van der Waals surface area contributed by atoms with Gasteiger partial charge in [-0.1, -0.05) is 0 Å². The molecule has 0 aliphatic carbocycles. The van der Waals surface area contributed by atoms with E-state index < -0.39 is 0 Å².